The molecular formula is C13H8BrF4NO. The van der Waals surface area contributed by atoms with Gasteiger partial charge in [0.2, 0.25) is 0 Å². The van der Waals surface area contributed by atoms with E-state index in [2.05, 4.69) is 15.9 Å². The molecule has 0 N–H and O–H groups in total. The van der Waals surface area contributed by atoms with Crippen molar-refractivity contribution >= 4 is 15.9 Å². The van der Waals surface area contributed by atoms with Gasteiger partial charge >= 0.3 is 6.18 Å². The Bertz CT molecular complexity index is 694. The summed E-state index contributed by atoms with van der Waals surface area (Å²) < 4.78 is 53.1. The smallest absolute Gasteiger partial charge is 0.300 e. The van der Waals surface area contributed by atoms with Crippen LogP contribution in [0.2, 0.25) is 0 Å². The van der Waals surface area contributed by atoms with Crippen LogP contribution < -0.4 is 5.56 Å². The molecule has 0 aliphatic heterocycles. The molecule has 0 radical (unpaired) electrons. The summed E-state index contributed by atoms with van der Waals surface area (Å²) in [4.78, 5) is 11.6. The van der Waals surface area contributed by atoms with Crippen LogP contribution in [0.1, 0.15) is 11.3 Å². The Kier molecular flexibility index (Phi) is 3.99. The SMILES string of the molecule is O=c1cccc(C(F)(F)F)n1Cc1ccc(Br)cc1F. The normalized spacial score (nSPS) is 11.7. The maximum absolute atomic E-state index is 13.7. The third-order valence-corrected chi connectivity index (χ3v) is 3.18. The van der Waals surface area contributed by atoms with Crippen molar-refractivity contribution in [3.05, 3.63) is 68.3 Å². The number of benzene rings is 1. The highest BCUT2D eigenvalue weighted by atomic mass is 79.9. The second-order valence-electron chi connectivity index (χ2n) is 4.07. The maximum Gasteiger partial charge on any atom is 0.431 e. The number of hydrogen-bond donors (Lipinski definition) is 0. The predicted molar refractivity (Wildman–Crippen MR) is 68.9 cm³/mol. The van der Waals surface area contributed by atoms with Crippen molar-refractivity contribution in [1.29, 1.82) is 0 Å². The van der Waals surface area contributed by atoms with E-state index in [4.69, 9.17) is 0 Å². The van der Waals surface area contributed by atoms with E-state index in [1.54, 1.807) is 0 Å². The van der Waals surface area contributed by atoms with Crippen LogP contribution in [0.4, 0.5) is 17.6 Å². The Morgan fingerprint density at radius 1 is 1.15 bits per heavy atom. The van der Waals surface area contributed by atoms with E-state index in [1.165, 1.54) is 12.1 Å². The Morgan fingerprint density at radius 3 is 2.45 bits per heavy atom. The lowest BCUT2D eigenvalue weighted by Gasteiger charge is -2.15. The molecule has 2 aromatic rings. The first-order valence-electron chi connectivity index (χ1n) is 5.50. The highest BCUT2D eigenvalue weighted by Gasteiger charge is 2.34. The van der Waals surface area contributed by atoms with Crippen LogP contribution in [-0.4, -0.2) is 4.57 Å². The average Bonchev–Trinajstić information content (AvgIpc) is 2.33. The molecule has 2 nitrogen and oxygen atoms in total. The lowest BCUT2D eigenvalue weighted by Crippen LogP contribution is -2.27. The maximum atomic E-state index is 13.7. The van der Waals surface area contributed by atoms with Gasteiger partial charge in [0.25, 0.3) is 5.56 Å². The summed E-state index contributed by atoms with van der Waals surface area (Å²) in [5, 5.41) is 0. The minimum absolute atomic E-state index is 0.00648. The molecule has 0 unspecified atom stereocenters. The summed E-state index contributed by atoms with van der Waals surface area (Å²) in [6.07, 6.45) is -4.67. The number of pyridine rings is 1. The van der Waals surface area contributed by atoms with Gasteiger partial charge in [-0.2, -0.15) is 13.2 Å². The van der Waals surface area contributed by atoms with Crippen molar-refractivity contribution in [3.63, 3.8) is 0 Å². The second kappa shape index (κ2) is 5.40. The lowest BCUT2D eigenvalue weighted by atomic mass is 10.2. The van der Waals surface area contributed by atoms with Crippen LogP contribution in [0.25, 0.3) is 0 Å². The van der Waals surface area contributed by atoms with Crippen LogP contribution in [0.15, 0.2) is 45.7 Å². The molecule has 0 amide bonds. The molecule has 0 aliphatic rings. The van der Waals surface area contributed by atoms with Gasteiger partial charge in [-0.05, 0) is 18.2 Å². The molecule has 0 saturated carbocycles. The van der Waals surface area contributed by atoms with Gasteiger partial charge in [-0.3, -0.25) is 9.36 Å². The minimum atomic E-state index is -4.67. The number of aromatic nitrogens is 1. The Labute approximate surface area is 119 Å². The zero-order chi connectivity index (χ0) is 14.9. The van der Waals surface area contributed by atoms with Gasteiger partial charge in [-0.15, -0.1) is 0 Å². The third kappa shape index (κ3) is 3.09. The molecule has 1 aromatic heterocycles. The first-order chi connectivity index (χ1) is 9.29. The molecule has 2 rings (SSSR count). The largest absolute Gasteiger partial charge is 0.431 e. The molecule has 20 heavy (non-hydrogen) atoms. The molecule has 0 atom stereocenters. The van der Waals surface area contributed by atoms with E-state index in [0.29, 0.717) is 9.04 Å². The van der Waals surface area contributed by atoms with Crippen molar-refractivity contribution in [3.8, 4) is 0 Å². The van der Waals surface area contributed by atoms with Gasteiger partial charge in [0.1, 0.15) is 11.5 Å². The van der Waals surface area contributed by atoms with Crippen LogP contribution >= 0.6 is 15.9 Å². The number of hydrogen-bond acceptors (Lipinski definition) is 1. The highest BCUT2D eigenvalue weighted by Crippen LogP contribution is 2.28. The topological polar surface area (TPSA) is 22.0 Å². The van der Waals surface area contributed by atoms with Crippen molar-refractivity contribution in [1.82, 2.24) is 4.57 Å². The quantitative estimate of drug-likeness (QED) is 0.755. The molecule has 7 heteroatoms. The monoisotopic (exact) mass is 349 g/mol. The fourth-order valence-electron chi connectivity index (χ4n) is 1.75. The van der Waals surface area contributed by atoms with Crippen LogP contribution in [0.3, 0.4) is 0 Å². The Hall–Kier alpha value is -1.63. The molecule has 1 aromatic carbocycles. The number of alkyl halides is 3. The molecule has 0 spiro atoms. The van der Waals surface area contributed by atoms with Gasteiger partial charge in [0.05, 0.1) is 6.54 Å². The molecule has 0 saturated heterocycles. The fraction of sp³-hybridized carbons (Fsp3) is 0.154. The molecular weight excluding hydrogens is 342 g/mol. The summed E-state index contributed by atoms with van der Waals surface area (Å²) in [6, 6.07) is 6.79. The zero-order valence-electron chi connectivity index (χ0n) is 9.92. The van der Waals surface area contributed by atoms with Crippen LogP contribution in [-0.2, 0) is 12.7 Å². The highest BCUT2D eigenvalue weighted by molar-refractivity contribution is 9.10. The van der Waals surface area contributed by atoms with Gasteiger partial charge < -0.3 is 0 Å². The van der Waals surface area contributed by atoms with Crippen LogP contribution in [0, 0.1) is 5.82 Å². The summed E-state index contributed by atoms with van der Waals surface area (Å²) in [5.74, 6) is -0.678. The zero-order valence-corrected chi connectivity index (χ0v) is 11.5. The van der Waals surface area contributed by atoms with E-state index in [9.17, 15) is 22.4 Å². The first-order valence-corrected chi connectivity index (χ1v) is 6.29. The standard InChI is InChI=1S/C13H8BrF4NO/c14-9-5-4-8(10(15)6-9)7-19-11(13(16,17)18)2-1-3-12(19)20/h1-6H,7H2. The number of rotatable bonds is 2. The van der Waals surface area contributed by atoms with Gasteiger partial charge in [-0.1, -0.05) is 28.1 Å². The molecule has 0 aliphatic carbocycles. The third-order valence-electron chi connectivity index (χ3n) is 2.68. The van der Waals surface area contributed by atoms with Crippen molar-refractivity contribution in [2.75, 3.05) is 0 Å². The summed E-state index contributed by atoms with van der Waals surface area (Å²) in [6.45, 7) is -0.479. The van der Waals surface area contributed by atoms with Crippen molar-refractivity contribution in [2.24, 2.45) is 0 Å². The lowest BCUT2D eigenvalue weighted by molar-refractivity contribution is -0.144. The second-order valence-corrected chi connectivity index (χ2v) is 4.98. The fourth-order valence-corrected chi connectivity index (χ4v) is 2.08. The van der Waals surface area contributed by atoms with Crippen LogP contribution in [0.5, 0.6) is 0 Å². The molecule has 1 heterocycles. The molecule has 0 fully saturated rings. The Morgan fingerprint density at radius 2 is 1.85 bits per heavy atom. The van der Waals surface area contributed by atoms with Crippen molar-refractivity contribution < 1.29 is 17.6 Å². The minimum Gasteiger partial charge on any atom is -0.300 e. The number of nitrogens with zero attached hydrogens (tertiary/aromatic N) is 1. The summed E-state index contributed by atoms with van der Waals surface area (Å²) >= 11 is 3.05. The summed E-state index contributed by atoms with van der Waals surface area (Å²) in [5.41, 5.74) is -1.93. The number of halogens is 5. The van der Waals surface area contributed by atoms with Gasteiger partial charge in [-0.25, -0.2) is 4.39 Å². The molecule has 0 bridgehead atoms. The summed E-state index contributed by atoms with van der Waals surface area (Å²) in [7, 11) is 0. The van der Waals surface area contributed by atoms with E-state index in [0.717, 1.165) is 24.3 Å². The van der Waals surface area contributed by atoms with E-state index < -0.39 is 29.8 Å². The average molecular weight is 350 g/mol. The van der Waals surface area contributed by atoms with E-state index in [1.807, 2.05) is 0 Å². The first kappa shape index (κ1) is 14.8. The van der Waals surface area contributed by atoms with E-state index >= 15 is 0 Å². The van der Waals surface area contributed by atoms with Gasteiger partial charge in [0, 0.05) is 16.1 Å². The van der Waals surface area contributed by atoms with Gasteiger partial charge in [0.15, 0.2) is 0 Å². The predicted octanol–water partition coefficient (Wildman–Crippen LogP) is 3.82. The molecule has 106 valence electrons. The van der Waals surface area contributed by atoms with Crippen molar-refractivity contribution in [2.45, 2.75) is 12.7 Å². The van der Waals surface area contributed by atoms with E-state index in [-0.39, 0.29) is 5.56 Å². The Balaban J connectivity index is 2.51.